The maximum absolute atomic E-state index is 12.8. The van der Waals surface area contributed by atoms with E-state index in [-0.39, 0.29) is 34.3 Å². The van der Waals surface area contributed by atoms with Crippen LogP contribution >= 0.6 is 12.4 Å². The number of benzene rings is 1. The number of carbonyl (C=O) groups excluding carboxylic acids is 1. The van der Waals surface area contributed by atoms with Gasteiger partial charge in [0.1, 0.15) is 0 Å². The van der Waals surface area contributed by atoms with Crippen LogP contribution < -0.4 is 10.6 Å². The third-order valence-electron chi connectivity index (χ3n) is 5.37. The van der Waals surface area contributed by atoms with E-state index in [0.29, 0.717) is 37.2 Å². The molecule has 2 aliphatic rings. The summed E-state index contributed by atoms with van der Waals surface area (Å²) in [5.74, 6) is 0.0524. The summed E-state index contributed by atoms with van der Waals surface area (Å²) < 4.78 is 0. The molecule has 0 unspecified atom stereocenters. The van der Waals surface area contributed by atoms with Gasteiger partial charge in [0.15, 0.2) is 0 Å². The van der Waals surface area contributed by atoms with E-state index in [0.717, 1.165) is 25.7 Å². The van der Waals surface area contributed by atoms with E-state index in [2.05, 4.69) is 0 Å². The van der Waals surface area contributed by atoms with Crippen molar-refractivity contribution in [1.29, 1.82) is 0 Å². The van der Waals surface area contributed by atoms with Gasteiger partial charge in [0.2, 0.25) is 5.91 Å². The second-order valence-electron chi connectivity index (χ2n) is 6.77. The van der Waals surface area contributed by atoms with Crippen LogP contribution in [0.1, 0.15) is 44.1 Å². The molecule has 0 radical (unpaired) electrons. The minimum atomic E-state index is -0.366. The molecule has 1 heterocycles. The first-order valence-corrected chi connectivity index (χ1v) is 8.33. The summed E-state index contributed by atoms with van der Waals surface area (Å²) in [7, 11) is 0. The van der Waals surface area contributed by atoms with Crippen LogP contribution in [0.15, 0.2) is 18.2 Å². The highest BCUT2D eigenvalue weighted by Crippen LogP contribution is 2.41. The molecule has 0 saturated heterocycles. The fraction of sp³-hybridized carbons (Fsp3) is 0.588. The zero-order chi connectivity index (χ0) is 16.4. The summed E-state index contributed by atoms with van der Waals surface area (Å²) in [6.07, 6.45) is 6.49. The van der Waals surface area contributed by atoms with Gasteiger partial charge in [0, 0.05) is 19.0 Å². The Labute approximate surface area is 148 Å². The van der Waals surface area contributed by atoms with Crippen LogP contribution in [0.25, 0.3) is 0 Å². The lowest BCUT2D eigenvalue weighted by Crippen LogP contribution is -2.40. The Bertz CT molecular complexity index is 630. The maximum atomic E-state index is 12.8. The summed E-state index contributed by atoms with van der Waals surface area (Å²) >= 11 is 0. The highest BCUT2D eigenvalue weighted by atomic mass is 35.5. The number of carbonyl (C=O) groups is 1. The minimum Gasteiger partial charge on any atom is -0.330 e. The Morgan fingerprint density at radius 3 is 2.62 bits per heavy atom. The summed E-state index contributed by atoms with van der Waals surface area (Å²) in [5.41, 5.74) is 7.39. The number of hydrogen-bond donors (Lipinski definition) is 1. The number of nitrogens with zero attached hydrogens (tertiary/aromatic N) is 2. The van der Waals surface area contributed by atoms with Crippen LogP contribution in [-0.2, 0) is 11.2 Å². The van der Waals surface area contributed by atoms with Gasteiger partial charge in [0.25, 0.3) is 5.69 Å². The van der Waals surface area contributed by atoms with E-state index < -0.39 is 0 Å². The highest BCUT2D eigenvalue weighted by molar-refractivity contribution is 5.96. The summed E-state index contributed by atoms with van der Waals surface area (Å²) in [4.78, 5) is 25.3. The van der Waals surface area contributed by atoms with Crippen molar-refractivity contribution in [3.05, 3.63) is 33.9 Å². The fourth-order valence-corrected chi connectivity index (χ4v) is 4.02. The average molecular weight is 354 g/mol. The average Bonchev–Trinajstić information content (AvgIpc) is 2.99. The van der Waals surface area contributed by atoms with Gasteiger partial charge in [-0.05, 0) is 37.3 Å². The van der Waals surface area contributed by atoms with Crippen molar-refractivity contribution >= 4 is 29.7 Å². The first kappa shape index (κ1) is 18.7. The topological polar surface area (TPSA) is 89.5 Å². The molecule has 7 heteroatoms. The van der Waals surface area contributed by atoms with E-state index >= 15 is 0 Å². The molecule has 3 rings (SSSR count). The number of rotatable bonds is 4. The van der Waals surface area contributed by atoms with Crippen molar-refractivity contribution in [3.63, 3.8) is 0 Å². The first-order valence-electron chi connectivity index (χ1n) is 8.33. The van der Waals surface area contributed by atoms with E-state index in [4.69, 9.17) is 5.73 Å². The predicted octanol–water partition coefficient (Wildman–Crippen LogP) is 3.21. The number of amides is 1. The number of halogens is 1. The molecule has 1 aliphatic carbocycles. The summed E-state index contributed by atoms with van der Waals surface area (Å²) in [6.45, 7) is 1.06. The monoisotopic (exact) mass is 353 g/mol. The molecule has 24 heavy (non-hydrogen) atoms. The molecule has 2 N–H and O–H groups in total. The zero-order valence-electron chi connectivity index (χ0n) is 13.7. The van der Waals surface area contributed by atoms with Crippen molar-refractivity contribution < 1.29 is 9.72 Å². The molecule has 1 fully saturated rings. The van der Waals surface area contributed by atoms with Gasteiger partial charge in [-0.3, -0.25) is 14.9 Å². The Morgan fingerprint density at radius 1 is 1.29 bits per heavy atom. The minimum absolute atomic E-state index is 0. The molecular formula is C17H24ClN3O3. The van der Waals surface area contributed by atoms with Gasteiger partial charge in [-0.25, -0.2) is 0 Å². The van der Waals surface area contributed by atoms with Crippen LogP contribution in [0, 0.1) is 15.5 Å². The second-order valence-corrected chi connectivity index (χ2v) is 6.77. The molecule has 0 atom stereocenters. The van der Waals surface area contributed by atoms with Crippen LogP contribution in [0.5, 0.6) is 0 Å². The van der Waals surface area contributed by atoms with Crippen LogP contribution in [0.4, 0.5) is 11.4 Å². The number of fused-ring (bicyclic) bond motifs is 1. The number of nitro benzene ring substituents is 1. The number of nitro groups is 1. The normalized spacial score (nSPS) is 18.6. The Hall–Kier alpha value is -1.66. The van der Waals surface area contributed by atoms with Crippen LogP contribution in [0.2, 0.25) is 0 Å². The van der Waals surface area contributed by atoms with E-state index in [1.165, 1.54) is 12.5 Å². The Morgan fingerprint density at radius 2 is 2.00 bits per heavy atom. The molecule has 1 saturated carbocycles. The van der Waals surface area contributed by atoms with Gasteiger partial charge in [-0.1, -0.05) is 25.3 Å². The van der Waals surface area contributed by atoms with Crippen molar-refractivity contribution in [1.82, 2.24) is 0 Å². The van der Waals surface area contributed by atoms with Crippen molar-refractivity contribution in [3.8, 4) is 0 Å². The molecule has 1 aromatic rings. The number of nitrogens with two attached hydrogens (primary N) is 1. The lowest BCUT2D eigenvalue weighted by atomic mass is 9.71. The summed E-state index contributed by atoms with van der Waals surface area (Å²) in [5, 5.41) is 11.1. The Balaban J connectivity index is 0.00000208. The number of anilines is 1. The van der Waals surface area contributed by atoms with Crippen LogP contribution in [0.3, 0.4) is 0 Å². The van der Waals surface area contributed by atoms with E-state index in [1.807, 2.05) is 6.07 Å². The van der Waals surface area contributed by atoms with Gasteiger partial charge >= 0.3 is 0 Å². The molecule has 0 spiro atoms. The quantitative estimate of drug-likeness (QED) is 0.664. The van der Waals surface area contributed by atoms with Crippen molar-refractivity contribution in [2.24, 2.45) is 11.1 Å². The Kier molecular flexibility index (Phi) is 5.83. The number of hydrogen-bond acceptors (Lipinski definition) is 4. The second kappa shape index (κ2) is 7.49. The van der Waals surface area contributed by atoms with Crippen LogP contribution in [-0.4, -0.2) is 23.9 Å². The largest absolute Gasteiger partial charge is 0.330 e. The third-order valence-corrected chi connectivity index (χ3v) is 5.37. The fourth-order valence-electron chi connectivity index (χ4n) is 4.02. The molecule has 1 amide bonds. The van der Waals surface area contributed by atoms with Crippen molar-refractivity contribution in [2.45, 2.75) is 44.9 Å². The SMILES string of the molecule is Cl.NCC1(CC(=O)N2CCc3c2cccc3[N+](=O)[O-])CCCCC1. The molecule has 1 aliphatic heterocycles. The standard InChI is InChI=1S/C17H23N3O3.ClH/c18-12-17(8-2-1-3-9-17)11-16(21)19-10-7-13-14(19)5-4-6-15(13)20(22)23;/h4-6H,1-3,7-12,18H2;1H. The molecule has 132 valence electrons. The molecule has 0 bridgehead atoms. The molecule has 1 aromatic carbocycles. The smallest absolute Gasteiger partial charge is 0.274 e. The first-order chi connectivity index (χ1) is 11.1. The molecule has 0 aromatic heterocycles. The summed E-state index contributed by atoms with van der Waals surface area (Å²) in [6, 6.07) is 4.97. The van der Waals surface area contributed by atoms with Gasteiger partial charge in [0.05, 0.1) is 16.2 Å². The zero-order valence-corrected chi connectivity index (χ0v) is 14.5. The maximum Gasteiger partial charge on any atom is 0.274 e. The highest BCUT2D eigenvalue weighted by Gasteiger charge is 2.37. The third kappa shape index (κ3) is 3.39. The lowest BCUT2D eigenvalue weighted by molar-refractivity contribution is -0.385. The molecular weight excluding hydrogens is 330 g/mol. The van der Waals surface area contributed by atoms with Gasteiger partial charge < -0.3 is 10.6 Å². The van der Waals surface area contributed by atoms with Gasteiger partial charge in [-0.2, -0.15) is 0 Å². The predicted molar refractivity (Wildman–Crippen MR) is 95.6 cm³/mol. The van der Waals surface area contributed by atoms with E-state index in [1.54, 1.807) is 11.0 Å². The van der Waals surface area contributed by atoms with Gasteiger partial charge in [-0.15, -0.1) is 12.4 Å². The lowest BCUT2D eigenvalue weighted by Gasteiger charge is -2.36. The van der Waals surface area contributed by atoms with E-state index in [9.17, 15) is 14.9 Å². The molecule has 6 nitrogen and oxygen atoms in total. The van der Waals surface area contributed by atoms with Crippen molar-refractivity contribution in [2.75, 3.05) is 18.0 Å².